The zero-order chi connectivity index (χ0) is 15.1. The maximum absolute atomic E-state index is 5.54. The third kappa shape index (κ3) is 4.94. The van der Waals surface area contributed by atoms with Gasteiger partial charge in [0, 0.05) is 24.6 Å². The number of ether oxygens (including phenoxy) is 1. The molecule has 0 radical (unpaired) electrons. The molecule has 0 saturated heterocycles. The van der Waals surface area contributed by atoms with Gasteiger partial charge in [-0.2, -0.15) is 0 Å². The van der Waals surface area contributed by atoms with Crippen LogP contribution >= 0.6 is 0 Å². The van der Waals surface area contributed by atoms with Gasteiger partial charge in [-0.1, -0.05) is 27.7 Å². The topological polar surface area (TPSA) is 85.1 Å². The maximum Gasteiger partial charge on any atom is 0.148 e. The summed E-state index contributed by atoms with van der Waals surface area (Å²) in [6.07, 6.45) is 0. The normalized spacial score (nSPS) is 11.2. The summed E-state index contributed by atoms with van der Waals surface area (Å²) in [5, 5.41) is 3.28. The van der Waals surface area contributed by atoms with E-state index in [9.17, 15) is 0 Å². The Bertz CT molecular complexity index is 420. The Labute approximate surface area is 121 Å². The van der Waals surface area contributed by atoms with Gasteiger partial charge in [-0.3, -0.25) is 0 Å². The molecule has 0 atom stereocenters. The van der Waals surface area contributed by atoms with E-state index in [1.54, 1.807) is 0 Å². The lowest BCUT2D eigenvalue weighted by atomic mass is 10.2. The van der Waals surface area contributed by atoms with Crippen LogP contribution in [0, 0.1) is 12.8 Å². The third-order valence-electron chi connectivity index (χ3n) is 2.81. The van der Waals surface area contributed by atoms with Crippen molar-refractivity contribution in [1.82, 2.24) is 9.97 Å². The van der Waals surface area contributed by atoms with Gasteiger partial charge in [-0.15, -0.1) is 0 Å². The van der Waals surface area contributed by atoms with E-state index >= 15 is 0 Å². The highest BCUT2D eigenvalue weighted by Crippen LogP contribution is 2.22. The van der Waals surface area contributed by atoms with E-state index in [1.165, 1.54) is 0 Å². The Morgan fingerprint density at radius 2 is 1.80 bits per heavy atom. The first-order valence-electron chi connectivity index (χ1n) is 7.12. The molecule has 0 aliphatic carbocycles. The molecule has 0 spiro atoms. The first-order valence-corrected chi connectivity index (χ1v) is 7.12. The number of hydrogen-bond donors (Lipinski definition) is 3. The Hall–Kier alpha value is -1.40. The molecule has 0 unspecified atom stereocenters. The van der Waals surface area contributed by atoms with Crippen molar-refractivity contribution in [1.29, 1.82) is 0 Å². The number of rotatable bonds is 8. The van der Waals surface area contributed by atoms with Crippen LogP contribution in [0.15, 0.2) is 0 Å². The smallest absolute Gasteiger partial charge is 0.148 e. The lowest BCUT2D eigenvalue weighted by Crippen LogP contribution is -2.17. The zero-order valence-electron chi connectivity index (χ0n) is 13.2. The van der Waals surface area contributed by atoms with E-state index in [4.69, 9.17) is 10.6 Å². The molecule has 1 rings (SSSR count). The van der Waals surface area contributed by atoms with Crippen molar-refractivity contribution in [2.24, 2.45) is 11.8 Å². The molecule has 0 aromatic carbocycles. The molecule has 20 heavy (non-hydrogen) atoms. The first-order chi connectivity index (χ1) is 9.45. The van der Waals surface area contributed by atoms with Crippen molar-refractivity contribution in [3.05, 3.63) is 11.4 Å². The average Bonchev–Trinajstić information content (AvgIpc) is 2.39. The number of anilines is 2. The minimum atomic E-state index is 0.250. The van der Waals surface area contributed by atoms with Crippen molar-refractivity contribution in [2.75, 3.05) is 30.5 Å². The summed E-state index contributed by atoms with van der Waals surface area (Å²) in [6.45, 7) is 12.5. The Morgan fingerprint density at radius 1 is 1.15 bits per heavy atom. The quantitative estimate of drug-likeness (QED) is 0.385. The van der Waals surface area contributed by atoms with Crippen LogP contribution in [0.3, 0.4) is 0 Å². The summed E-state index contributed by atoms with van der Waals surface area (Å²) in [4.78, 5) is 8.94. The fourth-order valence-corrected chi connectivity index (χ4v) is 1.67. The lowest BCUT2D eigenvalue weighted by Gasteiger charge is -2.15. The van der Waals surface area contributed by atoms with Crippen LogP contribution in [0.25, 0.3) is 0 Å². The fraction of sp³-hybridized carbons (Fsp3) is 0.714. The molecule has 1 aromatic rings. The van der Waals surface area contributed by atoms with Crippen LogP contribution in [0.2, 0.25) is 0 Å². The molecule has 6 nitrogen and oxygen atoms in total. The number of nitrogens with two attached hydrogens (primary N) is 1. The monoisotopic (exact) mass is 281 g/mol. The van der Waals surface area contributed by atoms with E-state index in [0.29, 0.717) is 24.9 Å². The summed E-state index contributed by atoms with van der Waals surface area (Å²) in [7, 11) is 0. The minimum absolute atomic E-state index is 0.250. The van der Waals surface area contributed by atoms with Crippen molar-refractivity contribution in [3.8, 4) is 0 Å². The van der Waals surface area contributed by atoms with Gasteiger partial charge in [0.1, 0.15) is 17.5 Å². The third-order valence-corrected chi connectivity index (χ3v) is 2.81. The molecule has 0 amide bonds. The number of hydrazine groups is 1. The highest BCUT2D eigenvalue weighted by molar-refractivity contribution is 5.56. The molecule has 0 aliphatic heterocycles. The second-order valence-electron chi connectivity index (χ2n) is 5.60. The molecule has 4 N–H and O–H groups in total. The molecule has 6 heteroatoms. The van der Waals surface area contributed by atoms with Gasteiger partial charge in [0.2, 0.25) is 0 Å². The van der Waals surface area contributed by atoms with E-state index in [1.807, 2.05) is 6.92 Å². The standard InChI is InChI=1S/C14H27N5O/c1-9(2)8-20-7-6-16-13-11(5)14(19-15)18-12(17-13)10(3)4/h9-10H,6-8,15H2,1-5H3,(H2,16,17,18,19). The molecule has 0 saturated carbocycles. The summed E-state index contributed by atoms with van der Waals surface area (Å²) in [5.41, 5.74) is 3.54. The highest BCUT2D eigenvalue weighted by atomic mass is 16.5. The summed E-state index contributed by atoms with van der Waals surface area (Å²) in [6, 6.07) is 0. The number of nitrogens with one attached hydrogen (secondary N) is 2. The molecule has 0 aliphatic rings. The lowest BCUT2D eigenvalue weighted by molar-refractivity contribution is 0.118. The van der Waals surface area contributed by atoms with Gasteiger partial charge in [0.15, 0.2) is 0 Å². The molecule has 1 aromatic heterocycles. The van der Waals surface area contributed by atoms with Gasteiger partial charge in [-0.05, 0) is 12.8 Å². The minimum Gasteiger partial charge on any atom is -0.379 e. The first kappa shape index (κ1) is 16.7. The van der Waals surface area contributed by atoms with Gasteiger partial charge in [0.05, 0.1) is 6.61 Å². The second kappa shape index (κ2) is 8.01. The Balaban J connectivity index is 2.66. The van der Waals surface area contributed by atoms with Crippen molar-refractivity contribution < 1.29 is 4.74 Å². The second-order valence-corrected chi connectivity index (χ2v) is 5.60. The van der Waals surface area contributed by atoms with Crippen LogP contribution in [-0.2, 0) is 4.74 Å². The molecule has 0 fully saturated rings. The summed E-state index contributed by atoms with van der Waals surface area (Å²) in [5.74, 6) is 8.55. The number of nitrogens with zero attached hydrogens (tertiary/aromatic N) is 2. The SMILES string of the molecule is Cc1c(NN)nc(C(C)C)nc1NCCOCC(C)C. The van der Waals surface area contributed by atoms with Crippen LogP contribution < -0.4 is 16.6 Å². The number of hydrogen-bond acceptors (Lipinski definition) is 6. The largest absolute Gasteiger partial charge is 0.379 e. The number of aromatic nitrogens is 2. The van der Waals surface area contributed by atoms with E-state index in [0.717, 1.165) is 23.8 Å². The Kier molecular flexibility index (Phi) is 6.67. The molecule has 0 bridgehead atoms. The highest BCUT2D eigenvalue weighted by Gasteiger charge is 2.12. The summed E-state index contributed by atoms with van der Waals surface area (Å²) >= 11 is 0. The molecular weight excluding hydrogens is 254 g/mol. The van der Waals surface area contributed by atoms with Crippen LogP contribution in [0.4, 0.5) is 11.6 Å². The Morgan fingerprint density at radius 3 is 2.35 bits per heavy atom. The van der Waals surface area contributed by atoms with Crippen molar-refractivity contribution in [2.45, 2.75) is 40.5 Å². The average molecular weight is 281 g/mol. The summed E-state index contributed by atoms with van der Waals surface area (Å²) < 4.78 is 5.54. The van der Waals surface area contributed by atoms with E-state index in [-0.39, 0.29) is 5.92 Å². The molecule has 114 valence electrons. The number of nitrogen functional groups attached to an aromatic ring is 1. The maximum atomic E-state index is 5.54. The zero-order valence-corrected chi connectivity index (χ0v) is 13.2. The van der Waals surface area contributed by atoms with Crippen molar-refractivity contribution >= 4 is 11.6 Å². The van der Waals surface area contributed by atoms with Gasteiger partial charge >= 0.3 is 0 Å². The van der Waals surface area contributed by atoms with Gasteiger partial charge < -0.3 is 15.5 Å². The molecular formula is C14H27N5O. The van der Waals surface area contributed by atoms with Crippen LogP contribution in [0.5, 0.6) is 0 Å². The molecule has 1 heterocycles. The predicted molar refractivity (Wildman–Crippen MR) is 82.8 cm³/mol. The van der Waals surface area contributed by atoms with E-state index in [2.05, 4.69) is 48.4 Å². The van der Waals surface area contributed by atoms with Crippen LogP contribution in [-0.4, -0.2) is 29.7 Å². The predicted octanol–water partition coefficient (Wildman–Crippen LogP) is 2.28. The van der Waals surface area contributed by atoms with Gasteiger partial charge in [-0.25, -0.2) is 15.8 Å². The van der Waals surface area contributed by atoms with Gasteiger partial charge in [0.25, 0.3) is 0 Å². The van der Waals surface area contributed by atoms with Crippen LogP contribution in [0.1, 0.15) is 45.0 Å². The van der Waals surface area contributed by atoms with E-state index < -0.39 is 0 Å². The van der Waals surface area contributed by atoms with Crippen molar-refractivity contribution in [3.63, 3.8) is 0 Å². The fourth-order valence-electron chi connectivity index (χ4n) is 1.67.